The Kier molecular flexibility index (Phi) is 24.6. The summed E-state index contributed by atoms with van der Waals surface area (Å²) in [5.41, 5.74) is 0.653. The van der Waals surface area contributed by atoms with E-state index >= 15 is 0 Å². The Morgan fingerprint density at radius 2 is 0.544 bits per heavy atom. The van der Waals surface area contributed by atoms with Crippen molar-refractivity contribution in [2.24, 2.45) is 0 Å². The van der Waals surface area contributed by atoms with E-state index in [0.717, 1.165) is 0 Å². The summed E-state index contributed by atoms with van der Waals surface area (Å²) in [4.78, 5) is 37.2. The zero-order chi connectivity index (χ0) is 73.7. The highest BCUT2D eigenvalue weighted by Gasteiger charge is 2.60. The van der Waals surface area contributed by atoms with Crippen LogP contribution in [-0.2, 0) is 75.8 Å². The van der Waals surface area contributed by atoms with Crippen molar-refractivity contribution >= 4 is 33.7 Å². The van der Waals surface area contributed by atoms with Gasteiger partial charge in [0.15, 0.2) is 44.0 Å². The molecule has 35 unspecified atom stereocenters. The molecule has 40 nitrogen and oxygen atoms in total. The summed E-state index contributed by atoms with van der Waals surface area (Å²) in [5, 5.41) is 227. The summed E-state index contributed by atoms with van der Waals surface area (Å²) in [6.45, 7) is -7.64. The molecular weight excluding hydrogens is 1390 g/mol. The van der Waals surface area contributed by atoms with E-state index in [1.54, 1.807) is 42.5 Å². The predicted molar refractivity (Wildman–Crippen MR) is 325 cm³/mol. The van der Waals surface area contributed by atoms with Gasteiger partial charge in [-0.2, -0.15) is 0 Å². The van der Waals surface area contributed by atoms with Crippen LogP contribution in [0.15, 0.2) is 60.7 Å². The topological polar surface area (TPSA) is 612 Å². The van der Waals surface area contributed by atoms with Gasteiger partial charge in [-0.05, 0) is 24.3 Å². The third kappa shape index (κ3) is 15.1. The molecule has 0 aliphatic carbocycles. The van der Waals surface area contributed by atoms with Crippen LogP contribution in [-0.4, -0.2) is 392 Å². The molecule has 23 heterocycles. The van der Waals surface area contributed by atoms with Crippen molar-refractivity contribution in [2.75, 3.05) is 53.4 Å². The first-order valence-electron chi connectivity index (χ1n) is 32.8. The second-order valence-electron chi connectivity index (χ2n) is 25.7. The number of methoxy groups -OCH3 is 1. The Balaban J connectivity index is 0.860. The zero-order valence-corrected chi connectivity index (χ0v) is 54.1. The average molecular weight is 1480 g/mol. The summed E-state index contributed by atoms with van der Waals surface area (Å²) < 4.78 is 92.8. The molecule has 21 aliphatic heterocycles. The minimum absolute atomic E-state index is 0.0522. The lowest BCUT2D eigenvalue weighted by molar-refractivity contribution is -0.396. The molecule has 21 saturated heterocycles. The number of pyridine rings is 2. The summed E-state index contributed by atoms with van der Waals surface area (Å²) in [6, 6.07) is 15.6. The Morgan fingerprint density at radius 3 is 0.786 bits per heavy atom. The van der Waals surface area contributed by atoms with Gasteiger partial charge in [0.05, 0.1) is 80.3 Å². The van der Waals surface area contributed by atoms with Crippen molar-refractivity contribution < 1.29 is 188 Å². The van der Waals surface area contributed by atoms with Crippen molar-refractivity contribution in [3.8, 4) is 11.4 Å². The molecule has 0 spiro atoms. The summed E-state index contributed by atoms with van der Waals surface area (Å²) in [7, 11) is 1.19. The molecule has 35 atom stereocenters. The van der Waals surface area contributed by atoms with E-state index in [-0.39, 0.29) is 33.4 Å². The van der Waals surface area contributed by atoms with Gasteiger partial charge >= 0.3 is 11.9 Å². The monoisotopic (exact) mass is 1470 g/mol. The van der Waals surface area contributed by atoms with Crippen LogP contribution in [0.25, 0.3) is 33.2 Å². The molecule has 21 fully saturated rings. The van der Waals surface area contributed by atoms with Crippen LogP contribution in [0, 0.1) is 0 Å². The largest absolute Gasteiger partial charge is 0.465 e. The number of esters is 2. The van der Waals surface area contributed by atoms with E-state index in [9.17, 15) is 112 Å². The van der Waals surface area contributed by atoms with Gasteiger partial charge in [0.2, 0.25) is 0 Å². The normalized spacial score (nSPS) is 44.3. The van der Waals surface area contributed by atoms with E-state index in [2.05, 4.69) is 4.98 Å². The number of para-hydroxylation sites is 2. The van der Waals surface area contributed by atoms with Gasteiger partial charge in [-0.3, -0.25) is 0 Å². The first-order valence-corrected chi connectivity index (χ1v) is 32.8. The van der Waals surface area contributed by atoms with Gasteiger partial charge < -0.3 is 178 Å². The van der Waals surface area contributed by atoms with Crippen LogP contribution in [0.3, 0.4) is 0 Å². The molecule has 572 valence electrons. The maximum Gasteiger partial charge on any atom is 0.338 e. The smallest absolute Gasteiger partial charge is 0.338 e. The minimum atomic E-state index is -2.37. The highest BCUT2D eigenvalue weighted by molar-refractivity contribution is 6.06. The molecule has 21 aliphatic rings. The summed E-state index contributed by atoms with van der Waals surface area (Å²) >= 11 is 0. The van der Waals surface area contributed by atoms with Gasteiger partial charge in [-0.1, -0.05) is 36.4 Å². The predicted octanol–water partition coefficient (Wildman–Crippen LogP) is -10.8. The Hall–Kier alpha value is -5.16. The second kappa shape index (κ2) is 32.7. The van der Waals surface area contributed by atoms with Gasteiger partial charge in [0.25, 0.3) is 0 Å². The van der Waals surface area contributed by atoms with Gasteiger partial charge in [-0.15, -0.1) is 0 Å². The van der Waals surface area contributed by atoms with Gasteiger partial charge in [0, 0.05) is 10.8 Å². The number of carbonyl (C=O) groups is 2. The first-order chi connectivity index (χ1) is 49.4. The standard InChI is InChI=1S/C63H82N2O38/c1-88-55(86)21-10-25(64-23-8-4-2-6-19(21)23)26-11-22(20-7-3-5-9-24(20)65-26)56(87)89-18-33-54-40(78)47(85)63(96-33)102-53-32(17-71)94-61(45(83)38(53)76)100-51-30(15-69)92-59(43(81)36(51)74)98-49-28(13-67)90-57(41(79)34(49)72)97-48-27(12-66)91-58(42(80)35(48)73)99-50-29(14-68)93-60(44(82)37(50)75)101-52-31(16-70)95-62(103-54)46(84)39(52)77/h2-11,27-54,57-63,66-85H,12-18H2,1H3. The lowest BCUT2D eigenvalue weighted by Crippen LogP contribution is -2.68. The van der Waals surface area contributed by atoms with E-state index in [1.807, 2.05) is 0 Å². The molecule has 103 heavy (non-hydrogen) atoms. The molecule has 2 aromatic heterocycles. The lowest BCUT2D eigenvalue weighted by atomic mass is 9.95. The minimum Gasteiger partial charge on any atom is -0.465 e. The lowest BCUT2D eigenvalue weighted by Gasteiger charge is -2.50. The summed E-state index contributed by atoms with van der Waals surface area (Å²) in [6.07, 6.45) is -73.5. The van der Waals surface area contributed by atoms with Crippen molar-refractivity contribution in [3.63, 3.8) is 0 Å². The first kappa shape index (κ1) is 77.5. The number of benzene rings is 2. The van der Waals surface area contributed by atoms with Crippen molar-refractivity contribution in [3.05, 3.63) is 71.8 Å². The molecule has 4 aromatic rings. The van der Waals surface area contributed by atoms with Crippen molar-refractivity contribution in [1.29, 1.82) is 0 Å². The Morgan fingerprint density at radius 1 is 0.320 bits per heavy atom. The van der Waals surface area contributed by atoms with Crippen LogP contribution in [0.1, 0.15) is 20.7 Å². The molecule has 25 rings (SSSR count). The quantitative estimate of drug-likeness (QED) is 0.0620. The van der Waals surface area contributed by atoms with Crippen LogP contribution in [0.5, 0.6) is 0 Å². The molecule has 0 radical (unpaired) electrons. The van der Waals surface area contributed by atoms with Gasteiger partial charge in [-0.25, -0.2) is 19.6 Å². The van der Waals surface area contributed by atoms with Crippen LogP contribution < -0.4 is 0 Å². The molecule has 20 N–H and O–H groups in total. The summed E-state index contributed by atoms with van der Waals surface area (Å²) in [5.74, 6) is -1.85. The fourth-order valence-electron chi connectivity index (χ4n) is 13.7. The van der Waals surface area contributed by atoms with Gasteiger partial charge in [0.1, 0.15) is 178 Å². The molecule has 0 saturated carbocycles. The third-order valence-electron chi connectivity index (χ3n) is 19.3. The number of ether oxygens (including phenoxy) is 16. The SMILES string of the molecule is COC(=O)c1cc(-c2cc(C(=O)OCC3OC4OC5C(CO)OC(OC6C(CO)OC(OC7C(CO)OC(OC8C(CO)OC(OC9C(CO)OC(OC%10C(CO)OC(OC3C(O)C4O)C(O)C%10O)C(O)C9O)C(O)C8O)C(O)C7O)C(O)C6O)C(O)C5O)c3ccccc3n2)nc2ccccc12. The molecule has 0 amide bonds. The number of aliphatic hydroxyl groups excluding tert-OH is 20. The number of nitrogens with zero attached hydrogens (tertiary/aromatic N) is 2. The van der Waals surface area contributed by atoms with E-state index < -0.39 is 273 Å². The Labute approximate surface area is 581 Å². The molecule has 2 aromatic carbocycles. The fourth-order valence-corrected chi connectivity index (χ4v) is 13.7. The van der Waals surface area contributed by atoms with E-state index in [1.165, 1.54) is 25.3 Å². The third-order valence-corrected chi connectivity index (χ3v) is 19.3. The fraction of sp³-hybridized carbons (Fsp3) is 0.683. The van der Waals surface area contributed by atoms with Crippen LogP contribution >= 0.6 is 0 Å². The van der Waals surface area contributed by atoms with Crippen LogP contribution in [0.2, 0.25) is 0 Å². The van der Waals surface area contributed by atoms with E-state index in [0.29, 0.717) is 10.9 Å². The molecule has 40 heteroatoms. The number of rotatable bonds is 11. The highest BCUT2D eigenvalue weighted by Crippen LogP contribution is 2.40. The van der Waals surface area contributed by atoms with Crippen molar-refractivity contribution in [1.82, 2.24) is 9.97 Å². The molecule has 14 bridgehead atoms. The second-order valence-corrected chi connectivity index (χ2v) is 25.7. The number of hydrogen-bond acceptors (Lipinski definition) is 40. The van der Waals surface area contributed by atoms with Crippen molar-refractivity contribution in [2.45, 2.75) is 215 Å². The Bertz CT molecular complexity index is 3500. The zero-order valence-electron chi connectivity index (χ0n) is 54.1. The number of aromatic nitrogens is 2. The number of hydrogen-bond donors (Lipinski definition) is 20. The average Bonchev–Trinajstić information content (AvgIpc) is 0.792. The number of carbonyl (C=O) groups excluding carboxylic acids is 2. The molecular formula is C63H82N2O38. The van der Waals surface area contributed by atoms with Crippen LogP contribution in [0.4, 0.5) is 0 Å². The maximum atomic E-state index is 14.7. The van der Waals surface area contributed by atoms with E-state index in [4.69, 9.17) is 80.8 Å². The highest BCUT2D eigenvalue weighted by atomic mass is 16.8. The number of aliphatic hydroxyl groups is 20. The number of fused-ring (bicyclic) bond motifs is 2. The maximum absolute atomic E-state index is 14.7.